The first kappa shape index (κ1) is 14.7. The minimum Gasteiger partial charge on any atom is -0.399 e. The van der Waals surface area contributed by atoms with Crippen LogP contribution in [0.15, 0.2) is 57.2 Å². The van der Waals surface area contributed by atoms with Crippen molar-refractivity contribution in [1.82, 2.24) is 0 Å². The van der Waals surface area contributed by atoms with E-state index in [0.29, 0.717) is 4.90 Å². The highest BCUT2D eigenvalue weighted by Crippen LogP contribution is 2.32. The van der Waals surface area contributed by atoms with Gasteiger partial charge >= 0.3 is 0 Å². The van der Waals surface area contributed by atoms with Crippen LogP contribution < -0.4 is 5.73 Å². The molecule has 2 N–H and O–H groups in total. The Balaban J connectivity index is 2.25. The molecule has 0 aliphatic rings. The van der Waals surface area contributed by atoms with Gasteiger partial charge in [0.1, 0.15) is 0 Å². The zero-order chi connectivity index (χ0) is 14.0. The third-order valence-corrected chi connectivity index (χ3v) is 5.91. The number of nitrogen functional groups attached to an aromatic ring is 1. The van der Waals surface area contributed by atoms with Gasteiger partial charge in [-0.05, 0) is 65.1 Å². The van der Waals surface area contributed by atoms with Gasteiger partial charge < -0.3 is 5.73 Å². The third kappa shape index (κ3) is 3.87. The highest BCUT2D eigenvalue weighted by molar-refractivity contribution is 14.1. The van der Waals surface area contributed by atoms with E-state index in [-0.39, 0.29) is 0 Å². The molecule has 0 heterocycles. The smallest absolute Gasteiger partial charge is 0.175 e. The lowest BCUT2D eigenvalue weighted by atomic mass is 10.3. The highest BCUT2D eigenvalue weighted by atomic mass is 127. The largest absolute Gasteiger partial charge is 0.399 e. The zero-order valence-electron chi connectivity index (χ0n) is 10.1. The summed E-state index contributed by atoms with van der Waals surface area (Å²) in [5.41, 5.74) is 6.45. The van der Waals surface area contributed by atoms with Crippen molar-refractivity contribution in [2.24, 2.45) is 0 Å². The van der Waals surface area contributed by atoms with Crippen LogP contribution in [0.3, 0.4) is 0 Å². The van der Waals surface area contributed by atoms with Gasteiger partial charge in [-0.1, -0.05) is 11.8 Å². The fraction of sp³-hybridized carbons (Fsp3) is 0.0769. The molecule has 2 rings (SSSR count). The number of nitrogens with two attached hydrogens (primary N) is 1. The predicted octanol–water partition coefficient (Wildman–Crippen LogP) is 3.43. The van der Waals surface area contributed by atoms with Crippen molar-refractivity contribution in [2.45, 2.75) is 14.7 Å². The maximum atomic E-state index is 11.4. The summed E-state index contributed by atoms with van der Waals surface area (Å²) >= 11 is 3.82. The van der Waals surface area contributed by atoms with Crippen LogP contribution >= 0.6 is 34.4 Å². The predicted molar refractivity (Wildman–Crippen MR) is 87.2 cm³/mol. The SMILES string of the molecule is CS(=O)(=O)c1ccc(Sc2ccc(N)cc2I)cc1. The second kappa shape index (κ2) is 5.72. The van der Waals surface area contributed by atoms with E-state index in [4.69, 9.17) is 5.73 Å². The minimum absolute atomic E-state index is 0.337. The summed E-state index contributed by atoms with van der Waals surface area (Å²) in [6.07, 6.45) is 1.21. The molecule has 0 saturated heterocycles. The molecule has 6 heteroatoms. The van der Waals surface area contributed by atoms with Crippen molar-refractivity contribution in [2.75, 3.05) is 12.0 Å². The first-order chi connectivity index (χ1) is 8.86. The molecule has 0 amide bonds. The number of hydrogen-bond acceptors (Lipinski definition) is 4. The zero-order valence-corrected chi connectivity index (χ0v) is 13.9. The van der Waals surface area contributed by atoms with Crippen LogP contribution in [-0.4, -0.2) is 14.7 Å². The van der Waals surface area contributed by atoms with E-state index in [1.54, 1.807) is 23.9 Å². The van der Waals surface area contributed by atoms with E-state index in [1.807, 2.05) is 30.3 Å². The number of anilines is 1. The molecule has 0 bridgehead atoms. The Morgan fingerprint density at radius 2 is 1.74 bits per heavy atom. The van der Waals surface area contributed by atoms with E-state index >= 15 is 0 Å². The normalized spacial score (nSPS) is 11.5. The molecule has 0 spiro atoms. The number of hydrogen-bond donors (Lipinski definition) is 1. The Morgan fingerprint density at radius 3 is 2.26 bits per heavy atom. The van der Waals surface area contributed by atoms with Gasteiger partial charge in [-0.2, -0.15) is 0 Å². The lowest BCUT2D eigenvalue weighted by Crippen LogP contribution is -1.96. The van der Waals surface area contributed by atoms with Crippen LogP contribution in [0.25, 0.3) is 0 Å². The van der Waals surface area contributed by atoms with Gasteiger partial charge in [-0.25, -0.2) is 8.42 Å². The van der Waals surface area contributed by atoms with Crippen molar-refractivity contribution in [1.29, 1.82) is 0 Å². The first-order valence-corrected chi connectivity index (χ1v) is 9.18. The molecule has 0 fully saturated rings. The minimum atomic E-state index is -3.13. The second-order valence-corrected chi connectivity index (χ2v) is 8.33. The van der Waals surface area contributed by atoms with Gasteiger partial charge in [0.2, 0.25) is 0 Å². The maximum absolute atomic E-state index is 11.4. The molecule has 19 heavy (non-hydrogen) atoms. The molecule has 0 saturated carbocycles. The molecule has 0 aromatic heterocycles. The van der Waals surface area contributed by atoms with Crippen molar-refractivity contribution >= 4 is 49.9 Å². The molecule has 0 aliphatic carbocycles. The van der Waals surface area contributed by atoms with Crippen LogP contribution in [0.4, 0.5) is 5.69 Å². The Kier molecular flexibility index (Phi) is 4.42. The standard InChI is InChI=1S/C13H12INO2S2/c1-19(16,17)11-5-3-10(4-6-11)18-13-7-2-9(15)8-12(13)14/h2-8H,15H2,1H3. The van der Waals surface area contributed by atoms with Gasteiger partial charge in [-0.15, -0.1) is 0 Å². The Morgan fingerprint density at radius 1 is 1.11 bits per heavy atom. The van der Waals surface area contributed by atoms with Crippen LogP contribution in [0.1, 0.15) is 0 Å². The summed E-state index contributed by atoms with van der Waals surface area (Å²) < 4.78 is 23.8. The average Bonchev–Trinajstić information content (AvgIpc) is 2.32. The highest BCUT2D eigenvalue weighted by Gasteiger charge is 2.07. The van der Waals surface area contributed by atoms with Gasteiger partial charge in [0, 0.05) is 25.3 Å². The summed E-state index contributed by atoms with van der Waals surface area (Å²) in [6, 6.07) is 12.6. The monoisotopic (exact) mass is 405 g/mol. The molecular weight excluding hydrogens is 393 g/mol. The van der Waals surface area contributed by atoms with Gasteiger partial charge in [-0.3, -0.25) is 0 Å². The van der Waals surface area contributed by atoms with Gasteiger partial charge in [0.25, 0.3) is 0 Å². The van der Waals surface area contributed by atoms with E-state index in [1.165, 1.54) is 6.26 Å². The Labute approximate surface area is 130 Å². The van der Waals surface area contributed by atoms with E-state index in [9.17, 15) is 8.42 Å². The summed E-state index contributed by atoms with van der Waals surface area (Å²) in [5, 5.41) is 0. The average molecular weight is 405 g/mol. The summed E-state index contributed by atoms with van der Waals surface area (Å²) in [4.78, 5) is 2.43. The molecule has 0 aliphatic heterocycles. The number of benzene rings is 2. The second-order valence-electron chi connectivity index (χ2n) is 4.04. The number of sulfone groups is 1. The van der Waals surface area contributed by atoms with Crippen molar-refractivity contribution in [3.8, 4) is 0 Å². The first-order valence-electron chi connectivity index (χ1n) is 5.39. The summed E-state index contributed by atoms with van der Waals surface area (Å²) in [5.74, 6) is 0. The third-order valence-electron chi connectivity index (χ3n) is 2.44. The van der Waals surface area contributed by atoms with Gasteiger partial charge in [0.15, 0.2) is 9.84 Å². The summed E-state index contributed by atoms with van der Waals surface area (Å²) in [6.45, 7) is 0. The molecule has 0 unspecified atom stereocenters. The molecule has 100 valence electrons. The molecule has 0 atom stereocenters. The molecule has 2 aromatic carbocycles. The van der Waals surface area contributed by atoms with Crippen molar-refractivity contribution in [3.63, 3.8) is 0 Å². The molecule has 0 radical (unpaired) electrons. The maximum Gasteiger partial charge on any atom is 0.175 e. The lowest BCUT2D eigenvalue weighted by molar-refractivity contribution is 0.602. The fourth-order valence-electron chi connectivity index (χ4n) is 1.48. The Bertz CT molecular complexity index is 697. The van der Waals surface area contributed by atoms with E-state index < -0.39 is 9.84 Å². The number of rotatable bonds is 3. The van der Waals surface area contributed by atoms with E-state index in [0.717, 1.165) is 19.0 Å². The molecule has 2 aromatic rings. The quantitative estimate of drug-likeness (QED) is 0.628. The van der Waals surface area contributed by atoms with Crippen LogP contribution in [0, 0.1) is 3.57 Å². The van der Waals surface area contributed by atoms with Crippen LogP contribution in [-0.2, 0) is 9.84 Å². The van der Waals surface area contributed by atoms with Gasteiger partial charge in [0.05, 0.1) is 4.90 Å². The van der Waals surface area contributed by atoms with Crippen LogP contribution in [0.5, 0.6) is 0 Å². The van der Waals surface area contributed by atoms with Crippen molar-refractivity contribution in [3.05, 3.63) is 46.0 Å². The number of halogens is 1. The van der Waals surface area contributed by atoms with Crippen LogP contribution in [0.2, 0.25) is 0 Å². The molecule has 3 nitrogen and oxygen atoms in total. The van der Waals surface area contributed by atoms with E-state index in [2.05, 4.69) is 22.6 Å². The topological polar surface area (TPSA) is 60.2 Å². The molecular formula is C13H12INO2S2. The fourth-order valence-corrected chi connectivity index (χ4v) is 3.80. The summed E-state index contributed by atoms with van der Waals surface area (Å²) in [7, 11) is -3.13. The van der Waals surface area contributed by atoms with Crippen molar-refractivity contribution < 1.29 is 8.42 Å². The Hall–Kier alpha value is -0.730. The lowest BCUT2D eigenvalue weighted by Gasteiger charge is -2.06.